The fourth-order valence-corrected chi connectivity index (χ4v) is 3.79. The molecule has 0 spiro atoms. The number of hydrazine groups is 1. The Bertz CT molecular complexity index is 1400. The molecule has 0 aliphatic carbocycles. The first-order valence-corrected chi connectivity index (χ1v) is 11.5. The number of urea groups is 1. The Morgan fingerprint density at radius 3 is 2.44 bits per heavy atom. The van der Waals surface area contributed by atoms with Crippen molar-refractivity contribution in [3.63, 3.8) is 0 Å². The van der Waals surface area contributed by atoms with E-state index < -0.39 is 11.9 Å². The maximum absolute atomic E-state index is 12.3. The van der Waals surface area contributed by atoms with Crippen LogP contribution in [0, 0.1) is 13.8 Å². The lowest BCUT2D eigenvalue weighted by Gasteiger charge is -2.10. The van der Waals surface area contributed by atoms with Gasteiger partial charge in [0, 0.05) is 10.7 Å². The summed E-state index contributed by atoms with van der Waals surface area (Å²) in [6, 6.07) is 17.0. The zero-order valence-electron chi connectivity index (χ0n) is 19.3. The summed E-state index contributed by atoms with van der Waals surface area (Å²) in [6.45, 7) is 3.58. The van der Waals surface area contributed by atoms with Crippen LogP contribution in [0.5, 0.6) is 11.5 Å². The molecule has 184 valence electrons. The molecule has 4 aromatic rings. The number of aryl methyl sites for hydroxylation is 2. The number of ether oxygens (including phenoxy) is 1. The van der Waals surface area contributed by atoms with Crippen LogP contribution < -0.4 is 20.9 Å². The van der Waals surface area contributed by atoms with E-state index in [0.29, 0.717) is 32.8 Å². The van der Waals surface area contributed by atoms with Crippen LogP contribution in [0.4, 0.5) is 10.5 Å². The van der Waals surface area contributed by atoms with Crippen LogP contribution in [0.2, 0.25) is 10.0 Å². The fraction of sp³-hybridized carbons (Fsp3) is 0.125. The Kier molecular flexibility index (Phi) is 7.67. The Morgan fingerprint density at radius 1 is 0.944 bits per heavy atom. The third kappa shape index (κ3) is 6.49. The van der Waals surface area contributed by atoms with Crippen molar-refractivity contribution < 1.29 is 14.3 Å². The normalized spacial score (nSPS) is 10.6. The maximum Gasteiger partial charge on any atom is 0.337 e. The predicted molar refractivity (Wildman–Crippen MR) is 136 cm³/mol. The Hall–Kier alpha value is -4.15. The van der Waals surface area contributed by atoms with Gasteiger partial charge in [-0.3, -0.25) is 10.2 Å². The number of amides is 3. The van der Waals surface area contributed by atoms with E-state index >= 15 is 0 Å². The van der Waals surface area contributed by atoms with E-state index in [-0.39, 0.29) is 12.4 Å². The van der Waals surface area contributed by atoms with E-state index in [1.165, 1.54) is 0 Å². The number of anilines is 1. The molecule has 1 aromatic heterocycles. The topological polar surface area (TPSA) is 123 Å². The van der Waals surface area contributed by atoms with Crippen LogP contribution in [-0.2, 0) is 11.3 Å². The van der Waals surface area contributed by atoms with Crippen LogP contribution >= 0.6 is 23.2 Å². The molecule has 3 N–H and O–H groups in total. The highest BCUT2D eigenvalue weighted by Gasteiger charge is 2.15. The van der Waals surface area contributed by atoms with Gasteiger partial charge in [-0.25, -0.2) is 10.2 Å². The van der Waals surface area contributed by atoms with Gasteiger partial charge >= 0.3 is 6.03 Å². The Balaban J connectivity index is 1.36. The zero-order chi connectivity index (χ0) is 25.7. The van der Waals surface area contributed by atoms with Crippen molar-refractivity contribution in [2.45, 2.75) is 20.4 Å². The minimum Gasteiger partial charge on any atom is -0.455 e. The molecule has 3 aromatic carbocycles. The molecule has 4 rings (SSSR count). The van der Waals surface area contributed by atoms with Crippen LogP contribution in [0.15, 0.2) is 60.7 Å². The monoisotopic (exact) mass is 525 g/mol. The first-order chi connectivity index (χ1) is 17.3. The number of hydrogen-bond acceptors (Lipinski definition) is 6. The Labute approximate surface area is 216 Å². The molecule has 0 saturated heterocycles. The molecule has 36 heavy (non-hydrogen) atoms. The number of hydrogen-bond donors (Lipinski definition) is 3. The molecule has 1 heterocycles. The average molecular weight is 526 g/mol. The standard InChI is InChI=1S/C24H21Cl2N7O3/c1-14-9-15(2)11-17(10-14)27-24(35)30-28-22(34)13-33-31-23(29-32-33)18-5-3-4-6-20(18)36-21-8-7-16(25)12-19(21)26/h3-12H,13H2,1-2H3,(H,28,34)(H2,27,30,35). The number of carbonyl (C=O) groups is 2. The van der Waals surface area contributed by atoms with Crippen molar-refractivity contribution >= 4 is 40.8 Å². The second kappa shape index (κ2) is 11.1. The molecule has 10 nitrogen and oxygen atoms in total. The van der Waals surface area contributed by atoms with Gasteiger partial charge in [0.2, 0.25) is 5.82 Å². The van der Waals surface area contributed by atoms with Crippen LogP contribution in [0.1, 0.15) is 11.1 Å². The number of rotatable bonds is 6. The number of benzene rings is 3. The summed E-state index contributed by atoms with van der Waals surface area (Å²) in [5.41, 5.74) is 7.76. The molecule has 12 heteroatoms. The van der Waals surface area contributed by atoms with Gasteiger partial charge in [-0.1, -0.05) is 41.4 Å². The lowest BCUT2D eigenvalue weighted by atomic mass is 10.1. The largest absolute Gasteiger partial charge is 0.455 e. The van der Waals surface area contributed by atoms with E-state index in [1.54, 1.807) is 42.5 Å². The van der Waals surface area contributed by atoms with E-state index in [1.807, 2.05) is 32.0 Å². The molecular weight excluding hydrogens is 505 g/mol. The quantitative estimate of drug-likeness (QED) is 0.307. The lowest BCUT2D eigenvalue weighted by Crippen LogP contribution is -2.45. The van der Waals surface area contributed by atoms with E-state index in [2.05, 4.69) is 31.6 Å². The second-order valence-corrected chi connectivity index (χ2v) is 8.66. The van der Waals surface area contributed by atoms with Crippen molar-refractivity contribution in [3.05, 3.63) is 81.8 Å². The van der Waals surface area contributed by atoms with Gasteiger partial charge in [0.15, 0.2) is 0 Å². The molecule has 0 radical (unpaired) electrons. The van der Waals surface area contributed by atoms with Crippen molar-refractivity contribution in [2.24, 2.45) is 0 Å². The number of nitrogens with zero attached hydrogens (tertiary/aromatic N) is 4. The molecule has 0 unspecified atom stereocenters. The SMILES string of the molecule is Cc1cc(C)cc(NC(=O)NNC(=O)Cn2nnc(-c3ccccc3Oc3ccc(Cl)cc3Cl)n2)c1. The van der Waals surface area contributed by atoms with Crippen LogP contribution in [-0.4, -0.2) is 32.1 Å². The minimum absolute atomic E-state index is 0.240. The minimum atomic E-state index is -0.590. The van der Waals surface area contributed by atoms with Gasteiger partial charge in [0.05, 0.1) is 10.6 Å². The summed E-state index contributed by atoms with van der Waals surface area (Å²) in [5, 5.41) is 15.7. The Morgan fingerprint density at radius 2 is 1.69 bits per heavy atom. The third-order valence-electron chi connectivity index (χ3n) is 4.77. The number of aromatic nitrogens is 4. The highest BCUT2D eigenvalue weighted by Crippen LogP contribution is 2.35. The molecule has 0 aliphatic rings. The molecule has 3 amide bonds. The maximum atomic E-state index is 12.3. The summed E-state index contributed by atoms with van der Waals surface area (Å²) < 4.78 is 5.93. The molecule has 0 saturated carbocycles. The first-order valence-electron chi connectivity index (χ1n) is 10.7. The summed E-state index contributed by atoms with van der Waals surface area (Å²) in [5.74, 6) is 0.539. The number of nitrogens with one attached hydrogen (secondary N) is 3. The lowest BCUT2D eigenvalue weighted by molar-refractivity contribution is -0.122. The molecule has 0 fully saturated rings. The highest BCUT2D eigenvalue weighted by atomic mass is 35.5. The summed E-state index contributed by atoms with van der Waals surface area (Å²) in [6.07, 6.45) is 0. The number of halogens is 2. The highest BCUT2D eigenvalue weighted by molar-refractivity contribution is 6.35. The van der Waals surface area contributed by atoms with E-state index in [0.717, 1.165) is 15.9 Å². The zero-order valence-corrected chi connectivity index (χ0v) is 20.8. The number of carbonyl (C=O) groups excluding carboxylic acids is 2. The molecule has 0 aliphatic heterocycles. The van der Waals surface area contributed by atoms with Gasteiger partial charge in [-0.05, 0) is 72.7 Å². The number of tetrazole rings is 1. The second-order valence-electron chi connectivity index (χ2n) is 7.82. The molecular formula is C24H21Cl2N7O3. The van der Waals surface area contributed by atoms with Crippen molar-refractivity contribution in [2.75, 3.05) is 5.32 Å². The van der Waals surface area contributed by atoms with Gasteiger partial charge in [0.1, 0.15) is 18.0 Å². The van der Waals surface area contributed by atoms with Gasteiger partial charge in [-0.15, -0.1) is 10.2 Å². The van der Waals surface area contributed by atoms with Crippen molar-refractivity contribution in [3.8, 4) is 22.9 Å². The molecule has 0 atom stereocenters. The van der Waals surface area contributed by atoms with Crippen LogP contribution in [0.25, 0.3) is 11.4 Å². The third-order valence-corrected chi connectivity index (χ3v) is 5.31. The van der Waals surface area contributed by atoms with E-state index in [4.69, 9.17) is 27.9 Å². The predicted octanol–water partition coefficient (Wildman–Crippen LogP) is 4.91. The molecule has 0 bridgehead atoms. The fourth-order valence-electron chi connectivity index (χ4n) is 3.34. The first kappa shape index (κ1) is 25.0. The van der Waals surface area contributed by atoms with E-state index in [9.17, 15) is 9.59 Å². The van der Waals surface area contributed by atoms with Gasteiger partial charge in [-0.2, -0.15) is 4.80 Å². The van der Waals surface area contributed by atoms with Gasteiger partial charge < -0.3 is 10.1 Å². The average Bonchev–Trinajstić information content (AvgIpc) is 3.27. The van der Waals surface area contributed by atoms with Crippen molar-refractivity contribution in [1.29, 1.82) is 0 Å². The summed E-state index contributed by atoms with van der Waals surface area (Å²) in [4.78, 5) is 25.5. The smallest absolute Gasteiger partial charge is 0.337 e. The number of para-hydroxylation sites is 1. The summed E-state index contributed by atoms with van der Waals surface area (Å²) in [7, 11) is 0. The van der Waals surface area contributed by atoms with Crippen LogP contribution in [0.3, 0.4) is 0 Å². The summed E-state index contributed by atoms with van der Waals surface area (Å²) >= 11 is 12.2. The van der Waals surface area contributed by atoms with Crippen molar-refractivity contribution in [1.82, 2.24) is 31.1 Å². The van der Waals surface area contributed by atoms with Gasteiger partial charge in [0.25, 0.3) is 5.91 Å².